The summed E-state index contributed by atoms with van der Waals surface area (Å²) in [5.41, 5.74) is -0.350. The Labute approximate surface area is 214 Å². The second-order valence-electron chi connectivity index (χ2n) is 9.95. The fourth-order valence-electron chi connectivity index (χ4n) is 5.52. The second kappa shape index (κ2) is 9.82. The third kappa shape index (κ3) is 4.60. The van der Waals surface area contributed by atoms with Gasteiger partial charge in [0.25, 0.3) is 0 Å². The van der Waals surface area contributed by atoms with Gasteiger partial charge in [0.15, 0.2) is 5.78 Å². The molecule has 5 rings (SSSR count). The van der Waals surface area contributed by atoms with Crippen LogP contribution in [-0.2, 0) is 9.59 Å². The third-order valence-electron chi connectivity index (χ3n) is 7.71. The average Bonchev–Trinajstić information content (AvgIpc) is 3.44. The summed E-state index contributed by atoms with van der Waals surface area (Å²) in [6.45, 7) is 1.65. The highest BCUT2D eigenvalue weighted by Crippen LogP contribution is 2.41. The van der Waals surface area contributed by atoms with Crippen molar-refractivity contribution >= 4 is 29.4 Å². The number of likely N-dealkylation sites (tertiary alicyclic amines) is 1. The average molecular weight is 514 g/mol. The van der Waals surface area contributed by atoms with Crippen molar-refractivity contribution in [3.63, 3.8) is 0 Å². The predicted molar refractivity (Wildman–Crippen MR) is 132 cm³/mol. The fraction of sp³-hybridized carbons (Fsp3) is 0.444. The summed E-state index contributed by atoms with van der Waals surface area (Å²) in [6.07, 6.45) is 1.69. The minimum Gasteiger partial charge on any atom is -0.410 e. The maximum Gasteiger partial charge on any atom is 0.415 e. The molecule has 1 N–H and O–H groups in total. The molecule has 1 aliphatic carbocycles. The summed E-state index contributed by atoms with van der Waals surface area (Å²) in [5, 5.41) is 3.90. The van der Waals surface area contributed by atoms with Crippen LogP contribution >= 0.6 is 11.6 Å². The van der Waals surface area contributed by atoms with E-state index in [2.05, 4.69) is 5.32 Å². The van der Waals surface area contributed by atoms with Gasteiger partial charge in [-0.05, 0) is 61.2 Å². The Bertz CT molecular complexity index is 1150. The molecule has 0 aromatic heterocycles. The maximum atomic E-state index is 14.3. The molecular weight excluding hydrogens is 485 g/mol. The van der Waals surface area contributed by atoms with Crippen molar-refractivity contribution in [2.45, 2.75) is 30.7 Å². The van der Waals surface area contributed by atoms with Gasteiger partial charge in [0.1, 0.15) is 17.1 Å². The zero-order valence-electron chi connectivity index (χ0n) is 20.1. The van der Waals surface area contributed by atoms with E-state index in [0.29, 0.717) is 31.1 Å². The lowest BCUT2D eigenvalue weighted by molar-refractivity contribution is -0.134. The van der Waals surface area contributed by atoms with Crippen molar-refractivity contribution in [1.29, 1.82) is 0 Å². The van der Waals surface area contributed by atoms with E-state index in [9.17, 15) is 18.8 Å². The molecule has 1 unspecified atom stereocenters. The maximum absolute atomic E-state index is 14.3. The van der Waals surface area contributed by atoms with Gasteiger partial charge in [0.05, 0.1) is 0 Å². The van der Waals surface area contributed by atoms with Gasteiger partial charge in [-0.15, -0.1) is 0 Å². The number of likely N-dealkylation sites (N-methyl/N-ethyl adjacent to an activating group) is 1. The normalized spacial score (nSPS) is 25.6. The van der Waals surface area contributed by atoms with Crippen LogP contribution in [0.4, 0.5) is 9.18 Å². The minimum absolute atomic E-state index is 0.0860. The first kappa shape index (κ1) is 24.7. The van der Waals surface area contributed by atoms with Gasteiger partial charge in [0.2, 0.25) is 5.91 Å². The van der Waals surface area contributed by atoms with E-state index in [1.807, 2.05) is 12.1 Å². The van der Waals surface area contributed by atoms with E-state index < -0.39 is 17.4 Å². The van der Waals surface area contributed by atoms with Crippen molar-refractivity contribution in [1.82, 2.24) is 15.1 Å². The van der Waals surface area contributed by atoms with Gasteiger partial charge >= 0.3 is 6.09 Å². The van der Waals surface area contributed by atoms with E-state index in [-0.39, 0.29) is 41.7 Å². The number of amides is 2. The molecule has 190 valence electrons. The molecule has 9 heteroatoms. The molecule has 1 saturated carbocycles. The summed E-state index contributed by atoms with van der Waals surface area (Å²) in [5.74, 6) is -0.851. The number of ether oxygens (including phenoxy) is 1. The predicted octanol–water partition coefficient (Wildman–Crippen LogP) is 3.86. The number of hydrogen-bond acceptors (Lipinski definition) is 5. The monoisotopic (exact) mass is 513 g/mol. The molecule has 3 aliphatic rings. The molecule has 3 atom stereocenters. The SMILES string of the molecule is CN(C(=O)Oc1ccc(F)cc1)[C@]1(C(=O)C2CCN(C(=O)C3CC3)C2)CNC[C@H]1c1ccc(Cl)cc1. The number of halogens is 2. The number of ketones is 1. The molecule has 2 amide bonds. The highest BCUT2D eigenvalue weighted by atomic mass is 35.5. The zero-order valence-corrected chi connectivity index (χ0v) is 20.8. The standard InChI is InChI=1S/C27H29ClFN3O4/c1-31(26(35)36-22-10-8-21(29)9-11-22)27(16-30-14-23(27)17-4-6-20(28)7-5-17)24(33)19-12-13-32(15-19)25(34)18-2-3-18/h4-11,18-19,23,30H,2-3,12-16H2,1H3/t19?,23-,27+/m0/s1. The van der Waals surface area contributed by atoms with Crippen LogP contribution in [0.1, 0.15) is 30.7 Å². The highest BCUT2D eigenvalue weighted by molar-refractivity contribution is 6.30. The smallest absolute Gasteiger partial charge is 0.410 e. The van der Waals surface area contributed by atoms with Gasteiger partial charge in [-0.2, -0.15) is 0 Å². The molecule has 0 radical (unpaired) electrons. The third-order valence-corrected chi connectivity index (χ3v) is 7.96. The largest absolute Gasteiger partial charge is 0.415 e. The van der Waals surface area contributed by atoms with Crippen LogP contribution in [0.25, 0.3) is 0 Å². The molecule has 2 aromatic carbocycles. The van der Waals surface area contributed by atoms with Crippen LogP contribution in [-0.4, -0.2) is 66.3 Å². The van der Waals surface area contributed by atoms with E-state index in [0.717, 1.165) is 18.4 Å². The van der Waals surface area contributed by atoms with Gasteiger partial charge in [-0.1, -0.05) is 23.7 Å². The summed E-state index contributed by atoms with van der Waals surface area (Å²) < 4.78 is 18.9. The van der Waals surface area contributed by atoms with Crippen molar-refractivity contribution in [3.8, 4) is 5.75 Å². The number of benzene rings is 2. The summed E-state index contributed by atoms with van der Waals surface area (Å²) in [7, 11) is 1.57. The lowest BCUT2D eigenvalue weighted by Crippen LogP contribution is -2.62. The Morgan fingerprint density at radius 1 is 1.06 bits per heavy atom. The fourth-order valence-corrected chi connectivity index (χ4v) is 5.64. The van der Waals surface area contributed by atoms with Crippen LogP contribution in [0, 0.1) is 17.7 Å². The molecule has 3 fully saturated rings. The Balaban J connectivity index is 1.45. The molecule has 2 heterocycles. The van der Waals surface area contributed by atoms with E-state index in [1.54, 1.807) is 24.1 Å². The Morgan fingerprint density at radius 3 is 2.42 bits per heavy atom. The summed E-state index contributed by atoms with van der Waals surface area (Å²) >= 11 is 6.12. The van der Waals surface area contributed by atoms with Gasteiger partial charge in [0, 0.05) is 56.0 Å². The summed E-state index contributed by atoms with van der Waals surface area (Å²) in [4.78, 5) is 43.5. The first-order valence-corrected chi connectivity index (χ1v) is 12.7. The number of hydrogen-bond donors (Lipinski definition) is 1. The lowest BCUT2D eigenvalue weighted by Gasteiger charge is -2.42. The zero-order chi connectivity index (χ0) is 25.4. The van der Waals surface area contributed by atoms with Gasteiger partial charge < -0.3 is 15.0 Å². The van der Waals surface area contributed by atoms with Crippen LogP contribution in [0.5, 0.6) is 5.75 Å². The van der Waals surface area contributed by atoms with Crippen molar-refractivity contribution in [2.24, 2.45) is 11.8 Å². The first-order chi connectivity index (χ1) is 17.3. The molecule has 0 bridgehead atoms. The minimum atomic E-state index is -1.23. The Kier molecular flexibility index (Phi) is 6.74. The molecule has 36 heavy (non-hydrogen) atoms. The number of Topliss-reactive ketones (excluding diaryl/α,β-unsaturated/α-hetero) is 1. The highest BCUT2D eigenvalue weighted by Gasteiger charge is 2.57. The number of carbonyl (C=O) groups excluding carboxylic acids is 3. The first-order valence-electron chi connectivity index (χ1n) is 12.3. The van der Waals surface area contributed by atoms with E-state index in [1.165, 1.54) is 29.2 Å². The quantitative estimate of drug-likeness (QED) is 0.634. The van der Waals surface area contributed by atoms with Gasteiger partial charge in [-0.25, -0.2) is 9.18 Å². The molecule has 7 nitrogen and oxygen atoms in total. The number of rotatable bonds is 6. The molecule has 2 aromatic rings. The Hall–Kier alpha value is -2.97. The van der Waals surface area contributed by atoms with Crippen LogP contribution in [0.2, 0.25) is 5.02 Å². The van der Waals surface area contributed by atoms with Crippen LogP contribution < -0.4 is 10.1 Å². The Morgan fingerprint density at radius 2 is 1.75 bits per heavy atom. The molecule has 2 saturated heterocycles. The van der Waals surface area contributed by atoms with Crippen molar-refractivity contribution < 1.29 is 23.5 Å². The molecule has 2 aliphatic heterocycles. The van der Waals surface area contributed by atoms with E-state index in [4.69, 9.17) is 16.3 Å². The van der Waals surface area contributed by atoms with Crippen LogP contribution in [0.3, 0.4) is 0 Å². The number of nitrogens with zero attached hydrogens (tertiary/aromatic N) is 2. The summed E-state index contributed by atoms with van der Waals surface area (Å²) in [6, 6.07) is 12.5. The molecular formula is C27H29ClFN3O4. The van der Waals surface area contributed by atoms with E-state index >= 15 is 0 Å². The van der Waals surface area contributed by atoms with Crippen molar-refractivity contribution in [2.75, 3.05) is 33.2 Å². The lowest BCUT2D eigenvalue weighted by atomic mass is 9.73. The molecule has 0 spiro atoms. The van der Waals surface area contributed by atoms with Crippen molar-refractivity contribution in [3.05, 3.63) is 64.9 Å². The number of nitrogens with one attached hydrogen (secondary N) is 1. The topological polar surface area (TPSA) is 79.0 Å². The van der Waals surface area contributed by atoms with Crippen LogP contribution in [0.15, 0.2) is 48.5 Å². The number of carbonyl (C=O) groups is 3. The van der Waals surface area contributed by atoms with Gasteiger partial charge in [-0.3, -0.25) is 14.5 Å². The second-order valence-corrected chi connectivity index (χ2v) is 10.4.